The van der Waals surface area contributed by atoms with Gasteiger partial charge in [-0.2, -0.15) is 0 Å². The van der Waals surface area contributed by atoms with Gasteiger partial charge in [0.1, 0.15) is 0 Å². The second-order valence-corrected chi connectivity index (χ2v) is 7.85. The molecule has 132 valence electrons. The van der Waals surface area contributed by atoms with E-state index < -0.39 is 0 Å². The third-order valence-electron chi connectivity index (χ3n) is 5.11. The van der Waals surface area contributed by atoms with Crippen LogP contribution in [0.5, 0.6) is 0 Å². The summed E-state index contributed by atoms with van der Waals surface area (Å²) in [7, 11) is 0. The van der Waals surface area contributed by atoms with Crippen molar-refractivity contribution in [2.75, 3.05) is 13.1 Å². The number of benzene rings is 1. The molecule has 1 saturated heterocycles. The van der Waals surface area contributed by atoms with Gasteiger partial charge in [-0.25, -0.2) is 9.67 Å². The number of hydrogen-bond donors (Lipinski definition) is 0. The lowest BCUT2D eigenvalue weighted by Gasteiger charge is -2.14. The van der Waals surface area contributed by atoms with E-state index in [1.54, 1.807) is 0 Å². The van der Waals surface area contributed by atoms with Crippen molar-refractivity contribution in [3.8, 4) is 11.3 Å². The number of carbonyl (C=O) groups is 1. The Hall–Kier alpha value is -2.54. The van der Waals surface area contributed by atoms with Crippen LogP contribution in [0.2, 0.25) is 0 Å². The van der Waals surface area contributed by atoms with E-state index >= 15 is 0 Å². The molecule has 0 spiro atoms. The molecule has 1 aliphatic heterocycles. The summed E-state index contributed by atoms with van der Waals surface area (Å²) >= 11 is 1.42. The highest BCUT2D eigenvalue weighted by molar-refractivity contribution is 7.12. The molecule has 2 aliphatic rings. The molecule has 26 heavy (non-hydrogen) atoms. The maximum atomic E-state index is 12.8. The molecule has 0 N–H and O–H groups in total. The van der Waals surface area contributed by atoms with Crippen LogP contribution in [-0.2, 0) is 0 Å². The molecule has 1 aromatic carbocycles. The lowest BCUT2D eigenvalue weighted by molar-refractivity contribution is 0.0786. The third kappa shape index (κ3) is 2.92. The van der Waals surface area contributed by atoms with Crippen LogP contribution in [0.25, 0.3) is 11.3 Å². The van der Waals surface area contributed by atoms with Gasteiger partial charge in [0.2, 0.25) is 0 Å². The van der Waals surface area contributed by atoms with Crippen LogP contribution in [0.4, 0.5) is 0 Å². The first-order valence-electron chi connectivity index (χ1n) is 9.00. The number of aromatic nitrogens is 4. The Bertz CT molecular complexity index is 930. The summed E-state index contributed by atoms with van der Waals surface area (Å²) in [4.78, 5) is 19.3. The van der Waals surface area contributed by atoms with Crippen molar-refractivity contribution in [2.24, 2.45) is 0 Å². The zero-order valence-electron chi connectivity index (χ0n) is 14.3. The Balaban J connectivity index is 1.28. The monoisotopic (exact) mass is 365 g/mol. The average molecular weight is 365 g/mol. The SMILES string of the molecule is O=C(c1nc(-c2ccccc2)cs1)N1CCC(n2cc(C3CC3)nn2)C1. The lowest BCUT2D eigenvalue weighted by Crippen LogP contribution is -2.29. The minimum atomic E-state index is 0.0159. The van der Waals surface area contributed by atoms with Crippen LogP contribution in [0.1, 0.15) is 46.7 Å². The van der Waals surface area contributed by atoms with E-state index in [2.05, 4.69) is 21.5 Å². The van der Waals surface area contributed by atoms with Gasteiger partial charge in [0.05, 0.1) is 17.4 Å². The van der Waals surface area contributed by atoms with Crippen LogP contribution < -0.4 is 0 Å². The van der Waals surface area contributed by atoms with Crippen LogP contribution >= 0.6 is 11.3 Å². The van der Waals surface area contributed by atoms with Crippen molar-refractivity contribution >= 4 is 17.2 Å². The fourth-order valence-corrected chi connectivity index (χ4v) is 4.22. The molecule has 6 nitrogen and oxygen atoms in total. The van der Waals surface area contributed by atoms with E-state index in [9.17, 15) is 4.79 Å². The molecule has 3 aromatic rings. The third-order valence-corrected chi connectivity index (χ3v) is 5.94. The van der Waals surface area contributed by atoms with Crippen LogP contribution in [0, 0.1) is 0 Å². The Kier molecular flexibility index (Phi) is 3.81. The van der Waals surface area contributed by atoms with E-state index in [-0.39, 0.29) is 11.9 Å². The van der Waals surface area contributed by atoms with Gasteiger partial charge in [-0.3, -0.25) is 4.79 Å². The quantitative estimate of drug-likeness (QED) is 0.711. The van der Waals surface area contributed by atoms with Gasteiger partial charge in [0.25, 0.3) is 5.91 Å². The largest absolute Gasteiger partial charge is 0.334 e. The van der Waals surface area contributed by atoms with Crippen molar-refractivity contribution in [3.63, 3.8) is 0 Å². The molecular formula is C19H19N5OS. The highest BCUT2D eigenvalue weighted by Crippen LogP contribution is 2.39. The first-order chi connectivity index (χ1) is 12.8. The molecule has 1 aliphatic carbocycles. The maximum absolute atomic E-state index is 12.8. The first kappa shape index (κ1) is 15.7. The number of thiazole rings is 1. The Morgan fingerprint density at radius 1 is 1.15 bits per heavy atom. The van der Waals surface area contributed by atoms with Gasteiger partial charge in [-0.15, -0.1) is 16.4 Å². The van der Waals surface area contributed by atoms with Gasteiger partial charge in [0.15, 0.2) is 5.01 Å². The van der Waals surface area contributed by atoms with Crippen LogP contribution in [-0.4, -0.2) is 43.9 Å². The summed E-state index contributed by atoms with van der Waals surface area (Å²) in [5.41, 5.74) is 3.00. The standard InChI is InChI=1S/C19H19N5OS/c25-19(18-20-17(12-26-18)13-4-2-1-3-5-13)23-9-8-15(10-23)24-11-16(21-22-24)14-6-7-14/h1-5,11-12,14-15H,6-10H2. The maximum Gasteiger partial charge on any atom is 0.282 e. The summed E-state index contributed by atoms with van der Waals surface area (Å²) in [5.74, 6) is 0.622. The van der Waals surface area contributed by atoms with Crippen molar-refractivity contribution in [1.82, 2.24) is 24.9 Å². The first-order valence-corrected chi connectivity index (χ1v) is 9.88. The van der Waals surface area contributed by atoms with E-state index in [0.29, 0.717) is 17.5 Å². The highest BCUT2D eigenvalue weighted by atomic mass is 32.1. The van der Waals surface area contributed by atoms with Crippen molar-refractivity contribution < 1.29 is 4.79 Å². The van der Waals surface area contributed by atoms with Gasteiger partial charge >= 0.3 is 0 Å². The van der Waals surface area contributed by atoms with Gasteiger partial charge in [0, 0.05) is 36.1 Å². The van der Waals surface area contributed by atoms with E-state index in [1.807, 2.05) is 45.3 Å². The number of nitrogens with zero attached hydrogens (tertiary/aromatic N) is 5. The zero-order valence-corrected chi connectivity index (χ0v) is 15.1. The van der Waals surface area contributed by atoms with E-state index in [0.717, 1.165) is 29.9 Å². The van der Waals surface area contributed by atoms with E-state index in [1.165, 1.54) is 24.2 Å². The van der Waals surface area contributed by atoms with Crippen LogP contribution in [0.3, 0.4) is 0 Å². The van der Waals surface area contributed by atoms with Crippen molar-refractivity contribution in [2.45, 2.75) is 31.2 Å². The van der Waals surface area contributed by atoms with Crippen LogP contribution in [0.15, 0.2) is 41.9 Å². The molecule has 0 bridgehead atoms. The van der Waals surface area contributed by atoms with Gasteiger partial charge in [-0.05, 0) is 19.3 Å². The molecule has 2 aromatic heterocycles. The zero-order chi connectivity index (χ0) is 17.5. The average Bonchev–Trinajstić information content (AvgIpc) is 3.12. The Morgan fingerprint density at radius 2 is 2.00 bits per heavy atom. The fraction of sp³-hybridized carbons (Fsp3) is 0.368. The summed E-state index contributed by atoms with van der Waals surface area (Å²) in [5, 5.41) is 11.1. The van der Waals surface area contributed by atoms with Gasteiger partial charge in [-0.1, -0.05) is 35.5 Å². The number of carbonyl (C=O) groups excluding carboxylic acids is 1. The molecule has 0 radical (unpaired) electrons. The fourth-order valence-electron chi connectivity index (χ4n) is 3.43. The van der Waals surface area contributed by atoms with Gasteiger partial charge < -0.3 is 4.90 Å². The lowest BCUT2D eigenvalue weighted by atomic mass is 10.2. The summed E-state index contributed by atoms with van der Waals surface area (Å²) in [6, 6.07) is 10.2. The molecule has 5 rings (SSSR count). The summed E-state index contributed by atoms with van der Waals surface area (Å²) in [6.07, 6.45) is 5.42. The molecule has 7 heteroatoms. The predicted octanol–water partition coefficient (Wildman–Crippen LogP) is 3.37. The molecule has 1 atom stereocenters. The normalized spacial score (nSPS) is 19.8. The smallest absolute Gasteiger partial charge is 0.282 e. The molecule has 1 saturated carbocycles. The molecule has 1 amide bonds. The van der Waals surface area contributed by atoms with Crippen molar-refractivity contribution in [3.05, 3.63) is 52.6 Å². The molecule has 3 heterocycles. The Labute approximate surface area is 155 Å². The summed E-state index contributed by atoms with van der Waals surface area (Å²) < 4.78 is 1.94. The second kappa shape index (κ2) is 6.32. The highest BCUT2D eigenvalue weighted by Gasteiger charge is 2.32. The minimum absolute atomic E-state index is 0.0159. The topological polar surface area (TPSA) is 63.9 Å². The van der Waals surface area contributed by atoms with E-state index in [4.69, 9.17) is 0 Å². The number of likely N-dealkylation sites (tertiary alicyclic amines) is 1. The number of amides is 1. The predicted molar refractivity (Wildman–Crippen MR) is 99.1 cm³/mol. The number of rotatable bonds is 4. The second-order valence-electron chi connectivity index (χ2n) is 7.00. The molecule has 2 fully saturated rings. The Morgan fingerprint density at radius 3 is 2.81 bits per heavy atom. The minimum Gasteiger partial charge on any atom is -0.334 e. The summed E-state index contributed by atoms with van der Waals surface area (Å²) in [6.45, 7) is 1.41. The van der Waals surface area contributed by atoms with Crippen molar-refractivity contribution in [1.29, 1.82) is 0 Å². The molecule has 1 unspecified atom stereocenters. The molecular weight excluding hydrogens is 346 g/mol. The number of hydrogen-bond acceptors (Lipinski definition) is 5.